The van der Waals surface area contributed by atoms with Gasteiger partial charge < -0.3 is 10.6 Å². The standard InChI is InChI=1S/C18H26N2S/c1-13(7-8-14-5-3-2-4-6-14)19-18(21)20-17-12-15-9-10-16(17)11-15/h2-6,13,15-17H,7-12H2,1H3,(H2,19,20,21)/t13-,15+,16+,17-/m1/s1. The third-order valence-electron chi connectivity index (χ3n) is 5.14. The maximum Gasteiger partial charge on any atom is 0.166 e. The van der Waals surface area contributed by atoms with Crippen LogP contribution < -0.4 is 10.6 Å². The Balaban J connectivity index is 1.38. The van der Waals surface area contributed by atoms with Crippen LogP contribution in [0.25, 0.3) is 0 Å². The van der Waals surface area contributed by atoms with Crippen molar-refractivity contribution in [2.24, 2.45) is 11.8 Å². The second-order valence-electron chi connectivity index (χ2n) is 6.82. The van der Waals surface area contributed by atoms with Crippen molar-refractivity contribution in [1.29, 1.82) is 0 Å². The van der Waals surface area contributed by atoms with Crippen LogP contribution in [-0.4, -0.2) is 17.2 Å². The lowest BCUT2D eigenvalue weighted by molar-refractivity contribution is 0.387. The second kappa shape index (κ2) is 6.78. The number of fused-ring (bicyclic) bond motifs is 2. The van der Waals surface area contributed by atoms with Crippen molar-refractivity contribution in [2.45, 2.75) is 57.5 Å². The summed E-state index contributed by atoms with van der Waals surface area (Å²) in [7, 11) is 0. The normalized spacial score (nSPS) is 28.3. The van der Waals surface area contributed by atoms with Crippen LogP contribution in [0.1, 0.15) is 44.6 Å². The molecule has 0 spiro atoms. The SMILES string of the molecule is C[C@H](CCc1ccccc1)NC(=S)N[C@@H]1C[C@H]2CC[C@H]1C2. The van der Waals surface area contributed by atoms with Gasteiger partial charge in [0, 0.05) is 12.1 Å². The van der Waals surface area contributed by atoms with Crippen molar-refractivity contribution in [2.75, 3.05) is 0 Å². The molecule has 4 atom stereocenters. The van der Waals surface area contributed by atoms with Crippen LogP contribution in [0.3, 0.4) is 0 Å². The molecule has 2 nitrogen and oxygen atoms in total. The van der Waals surface area contributed by atoms with Crippen LogP contribution >= 0.6 is 12.2 Å². The van der Waals surface area contributed by atoms with Gasteiger partial charge in [-0.2, -0.15) is 0 Å². The highest BCUT2D eigenvalue weighted by Gasteiger charge is 2.39. The largest absolute Gasteiger partial charge is 0.360 e. The Morgan fingerprint density at radius 1 is 1.24 bits per heavy atom. The van der Waals surface area contributed by atoms with Crippen LogP contribution in [0.5, 0.6) is 0 Å². The first-order chi connectivity index (χ1) is 10.2. The van der Waals surface area contributed by atoms with Gasteiger partial charge in [-0.3, -0.25) is 0 Å². The number of thiocarbonyl (C=S) groups is 1. The molecule has 0 heterocycles. The second-order valence-corrected chi connectivity index (χ2v) is 7.23. The summed E-state index contributed by atoms with van der Waals surface area (Å²) >= 11 is 5.49. The van der Waals surface area contributed by atoms with Crippen molar-refractivity contribution in [3.8, 4) is 0 Å². The smallest absolute Gasteiger partial charge is 0.166 e. The van der Waals surface area contributed by atoms with E-state index in [2.05, 4.69) is 47.9 Å². The van der Waals surface area contributed by atoms with Gasteiger partial charge in [-0.25, -0.2) is 0 Å². The maximum absolute atomic E-state index is 5.49. The average Bonchev–Trinajstić information content (AvgIpc) is 3.08. The highest BCUT2D eigenvalue weighted by atomic mass is 32.1. The predicted octanol–water partition coefficient (Wildman–Crippen LogP) is 3.66. The van der Waals surface area contributed by atoms with Crippen molar-refractivity contribution in [3.63, 3.8) is 0 Å². The van der Waals surface area contributed by atoms with E-state index in [1.165, 1.54) is 31.2 Å². The predicted molar refractivity (Wildman–Crippen MR) is 92.3 cm³/mol. The van der Waals surface area contributed by atoms with Gasteiger partial charge in [0.25, 0.3) is 0 Å². The first kappa shape index (κ1) is 14.8. The van der Waals surface area contributed by atoms with E-state index in [1.807, 2.05) is 0 Å². The van der Waals surface area contributed by atoms with Crippen molar-refractivity contribution in [3.05, 3.63) is 35.9 Å². The molecule has 3 rings (SSSR count). The third kappa shape index (κ3) is 3.97. The maximum atomic E-state index is 5.49. The Hall–Kier alpha value is -1.09. The number of benzene rings is 1. The van der Waals surface area contributed by atoms with E-state index in [0.717, 1.165) is 29.8 Å². The lowest BCUT2D eigenvalue weighted by Gasteiger charge is -2.26. The van der Waals surface area contributed by atoms with E-state index in [1.54, 1.807) is 0 Å². The van der Waals surface area contributed by atoms with Crippen LogP contribution in [0.4, 0.5) is 0 Å². The molecule has 1 aromatic rings. The van der Waals surface area contributed by atoms with Gasteiger partial charge >= 0.3 is 0 Å². The van der Waals surface area contributed by atoms with Gasteiger partial charge in [-0.05, 0) is 68.6 Å². The average molecular weight is 302 g/mol. The van der Waals surface area contributed by atoms with Crippen LogP contribution in [0, 0.1) is 11.8 Å². The fourth-order valence-corrected chi connectivity index (χ4v) is 4.31. The summed E-state index contributed by atoms with van der Waals surface area (Å²) in [5.74, 6) is 1.83. The molecular weight excluding hydrogens is 276 g/mol. The van der Waals surface area contributed by atoms with Gasteiger partial charge in [0.1, 0.15) is 0 Å². The molecule has 2 N–H and O–H groups in total. The molecule has 21 heavy (non-hydrogen) atoms. The molecule has 2 bridgehead atoms. The Bertz CT molecular complexity index is 473. The molecule has 0 amide bonds. The Kier molecular flexibility index (Phi) is 4.79. The zero-order valence-corrected chi connectivity index (χ0v) is 13.7. The van der Waals surface area contributed by atoms with Crippen LogP contribution in [0.2, 0.25) is 0 Å². The summed E-state index contributed by atoms with van der Waals surface area (Å²) in [6.07, 6.45) is 7.80. The number of rotatable bonds is 5. The summed E-state index contributed by atoms with van der Waals surface area (Å²) in [6, 6.07) is 11.7. The first-order valence-corrected chi connectivity index (χ1v) is 8.72. The molecule has 0 saturated heterocycles. The summed E-state index contributed by atoms with van der Waals surface area (Å²) in [5.41, 5.74) is 1.40. The third-order valence-corrected chi connectivity index (χ3v) is 5.38. The molecule has 2 aliphatic rings. The van der Waals surface area contributed by atoms with Crippen molar-refractivity contribution >= 4 is 17.3 Å². The number of nitrogens with one attached hydrogen (secondary N) is 2. The molecule has 1 aromatic carbocycles. The van der Waals surface area contributed by atoms with Gasteiger partial charge in [-0.15, -0.1) is 0 Å². The van der Waals surface area contributed by atoms with Crippen molar-refractivity contribution < 1.29 is 0 Å². The van der Waals surface area contributed by atoms with Crippen LogP contribution in [0.15, 0.2) is 30.3 Å². The first-order valence-electron chi connectivity index (χ1n) is 8.31. The highest BCUT2D eigenvalue weighted by molar-refractivity contribution is 7.80. The molecule has 0 aromatic heterocycles. The molecule has 2 saturated carbocycles. The zero-order chi connectivity index (χ0) is 14.7. The monoisotopic (exact) mass is 302 g/mol. The zero-order valence-electron chi connectivity index (χ0n) is 12.8. The number of hydrogen-bond acceptors (Lipinski definition) is 1. The molecule has 0 radical (unpaired) electrons. The number of hydrogen-bond donors (Lipinski definition) is 2. The lowest BCUT2D eigenvalue weighted by atomic mass is 9.95. The Morgan fingerprint density at radius 2 is 2.05 bits per heavy atom. The summed E-state index contributed by atoms with van der Waals surface area (Å²) in [5, 5.41) is 7.87. The lowest BCUT2D eigenvalue weighted by Crippen LogP contribution is -2.47. The van der Waals surface area contributed by atoms with Crippen molar-refractivity contribution in [1.82, 2.24) is 10.6 Å². The molecule has 2 fully saturated rings. The summed E-state index contributed by atoms with van der Waals surface area (Å²) < 4.78 is 0. The summed E-state index contributed by atoms with van der Waals surface area (Å²) in [4.78, 5) is 0. The van der Waals surface area contributed by atoms with E-state index in [-0.39, 0.29) is 0 Å². The van der Waals surface area contributed by atoms with Gasteiger partial charge in [0.15, 0.2) is 5.11 Å². The molecule has 114 valence electrons. The van der Waals surface area contributed by atoms with E-state index in [0.29, 0.717) is 12.1 Å². The quantitative estimate of drug-likeness (QED) is 0.812. The molecule has 0 aliphatic heterocycles. The fraction of sp³-hybridized carbons (Fsp3) is 0.611. The Labute approximate surface area is 133 Å². The topological polar surface area (TPSA) is 24.1 Å². The minimum absolute atomic E-state index is 0.420. The molecular formula is C18H26N2S. The molecule has 0 unspecified atom stereocenters. The number of aryl methyl sites for hydroxylation is 1. The van der Waals surface area contributed by atoms with Gasteiger partial charge in [0.05, 0.1) is 0 Å². The summed E-state index contributed by atoms with van der Waals surface area (Å²) in [6.45, 7) is 2.22. The molecule has 3 heteroatoms. The van der Waals surface area contributed by atoms with Crippen LogP contribution in [-0.2, 0) is 6.42 Å². The molecule has 2 aliphatic carbocycles. The fourth-order valence-electron chi connectivity index (χ4n) is 3.96. The minimum Gasteiger partial charge on any atom is -0.360 e. The van der Waals surface area contributed by atoms with Gasteiger partial charge in [-0.1, -0.05) is 36.8 Å². The van der Waals surface area contributed by atoms with Gasteiger partial charge in [0.2, 0.25) is 0 Å². The minimum atomic E-state index is 0.420. The highest BCUT2D eigenvalue weighted by Crippen LogP contribution is 2.44. The van der Waals surface area contributed by atoms with E-state index in [4.69, 9.17) is 12.2 Å². The van der Waals surface area contributed by atoms with E-state index < -0.39 is 0 Å². The van der Waals surface area contributed by atoms with E-state index >= 15 is 0 Å². The van der Waals surface area contributed by atoms with E-state index in [9.17, 15) is 0 Å². The Morgan fingerprint density at radius 3 is 2.71 bits per heavy atom.